The Labute approximate surface area is 179 Å². The molecule has 1 heterocycles. The molecule has 154 valence electrons. The van der Waals surface area contributed by atoms with E-state index in [2.05, 4.69) is 32.8 Å². The lowest BCUT2D eigenvalue weighted by molar-refractivity contribution is 0.306. The number of aromatic nitrogens is 2. The fraction of sp³-hybridized carbons (Fsp3) is 0.583. The molecule has 0 aliphatic carbocycles. The lowest BCUT2D eigenvalue weighted by Gasteiger charge is -2.07. The van der Waals surface area contributed by atoms with Gasteiger partial charge in [0.1, 0.15) is 5.75 Å². The maximum absolute atomic E-state index is 5.79. The molecule has 0 saturated heterocycles. The standard InChI is InChI=1S/C24H35BrN2O/c1-2-3-4-5-6-7-9-12-21-19-26-24(27-20-21)22-13-15-23(16-14-22)28-18-11-8-10-17-25/h13-16,19-20H,2-12,17-18H2,1H3. The maximum Gasteiger partial charge on any atom is 0.159 e. The van der Waals surface area contributed by atoms with Gasteiger partial charge in [-0.2, -0.15) is 0 Å². The average molecular weight is 447 g/mol. The molecule has 0 radical (unpaired) electrons. The lowest BCUT2D eigenvalue weighted by atomic mass is 10.1. The topological polar surface area (TPSA) is 35.0 Å². The van der Waals surface area contributed by atoms with Crippen molar-refractivity contribution in [3.05, 3.63) is 42.2 Å². The minimum atomic E-state index is 0.774. The smallest absolute Gasteiger partial charge is 0.159 e. The molecule has 0 atom stereocenters. The third-order valence-electron chi connectivity index (χ3n) is 4.93. The SMILES string of the molecule is CCCCCCCCCc1cnc(-c2ccc(OCCCCCBr)cc2)nc1. The molecule has 2 rings (SSSR count). The summed E-state index contributed by atoms with van der Waals surface area (Å²) < 4.78 is 5.79. The molecule has 0 spiro atoms. The largest absolute Gasteiger partial charge is 0.494 e. The fourth-order valence-electron chi connectivity index (χ4n) is 3.18. The molecule has 0 aliphatic rings. The number of benzene rings is 1. The van der Waals surface area contributed by atoms with Crippen LogP contribution in [0.3, 0.4) is 0 Å². The summed E-state index contributed by atoms with van der Waals surface area (Å²) in [7, 11) is 0. The van der Waals surface area contributed by atoms with E-state index in [-0.39, 0.29) is 0 Å². The summed E-state index contributed by atoms with van der Waals surface area (Å²) in [4.78, 5) is 9.12. The van der Waals surface area contributed by atoms with Crippen LogP contribution in [0.15, 0.2) is 36.7 Å². The number of nitrogens with zero attached hydrogens (tertiary/aromatic N) is 2. The van der Waals surface area contributed by atoms with Crippen LogP contribution in [0, 0.1) is 0 Å². The van der Waals surface area contributed by atoms with Crippen molar-refractivity contribution in [2.24, 2.45) is 0 Å². The van der Waals surface area contributed by atoms with E-state index in [1.54, 1.807) is 0 Å². The van der Waals surface area contributed by atoms with Crippen LogP contribution in [-0.4, -0.2) is 21.9 Å². The third-order valence-corrected chi connectivity index (χ3v) is 5.49. The molecule has 0 aliphatic heterocycles. The number of ether oxygens (including phenoxy) is 1. The molecule has 0 N–H and O–H groups in total. The summed E-state index contributed by atoms with van der Waals surface area (Å²) in [5.41, 5.74) is 2.27. The second-order valence-electron chi connectivity index (χ2n) is 7.41. The molecular formula is C24H35BrN2O. The lowest BCUT2D eigenvalue weighted by Crippen LogP contribution is -1.97. The number of alkyl halides is 1. The van der Waals surface area contributed by atoms with Crippen molar-refractivity contribution < 1.29 is 4.74 Å². The van der Waals surface area contributed by atoms with Gasteiger partial charge in [0.15, 0.2) is 5.82 Å². The summed E-state index contributed by atoms with van der Waals surface area (Å²) in [6, 6.07) is 8.10. The Kier molecular flexibility index (Phi) is 11.9. The molecule has 1 aromatic carbocycles. The fourth-order valence-corrected chi connectivity index (χ4v) is 3.58. The van der Waals surface area contributed by atoms with Gasteiger partial charge in [-0.1, -0.05) is 61.4 Å². The molecule has 0 unspecified atom stereocenters. The van der Waals surface area contributed by atoms with E-state index < -0.39 is 0 Å². The van der Waals surface area contributed by atoms with Crippen LogP contribution in [0.5, 0.6) is 5.75 Å². The third kappa shape index (κ3) is 9.18. The molecule has 28 heavy (non-hydrogen) atoms. The minimum Gasteiger partial charge on any atom is -0.494 e. The number of hydrogen-bond donors (Lipinski definition) is 0. The zero-order valence-electron chi connectivity index (χ0n) is 17.3. The molecule has 0 amide bonds. The van der Waals surface area contributed by atoms with Gasteiger partial charge in [0.2, 0.25) is 0 Å². The Hall–Kier alpha value is -1.42. The van der Waals surface area contributed by atoms with E-state index in [1.807, 2.05) is 36.7 Å². The van der Waals surface area contributed by atoms with Crippen molar-refractivity contribution in [3.63, 3.8) is 0 Å². The minimum absolute atomic E-state index is 0.774. The highest BCUT2D eigenvalue weighted by atomic mass is 79.9. The summed E-state index contributed by atoms with van der Waals surface area (Å²) >= 11 is 3.45. The number of unbranched alkanes of at least 4 members (excludes halogenated alkanes) is 8. The Morgan fingerprint density at radius 2 is 1.43 bits per heavy atom. The van der Waals surface area contributed by atoms with E-state index in [9.17, 15) is 0 Å². The van der Waals surface area contributed by atoms with Crippen molar-refractivity contribution in [2.45, 2.75) is 77.6 Å². The first-order valence-corrected chi connectivity index (χ1v) is 12.1. The van der Waals surface area contributed by atoms with Crippen molar-refractivity contribution in [3.8, 4) is 17.1 Å². The first-order valence-electron chi connectivity index (χ1n) is 10.9. The number of aryl methyl sites for hydroxylation is 1. The van der Waals surface area contributed by atoms with E-state index in [1.165, 1.54) is 63.4 Å². The van der Waals surface area contributed by atoms with Crippen molar-refractivity contribution >= 4 is 15.9 Å². The van der Waals surface area contributed by atoms with Crippen LogP contribution < -0.4 is 4.74 Å². The van der Waals surface area contributed by atoms with Crippen LogP contribution >= 0.6 is 15.9 Å². The van der Waals surface area contributed by atoms with Gasteiger partial charge in [-0.25, -0.2) is 9.97 Å². The Morgan fingerprint density at radius 3 is 2.11 bits per heavy atom. The van der Waals surface area contributed by atoms with Gasteiger partial charge in [0, 0.05) is 23.3 Å². The van der Waals surface area contributed by atoms with Crippen LogP contribution in [0.4, 0.5) is 0 Å². The highest BCUT2D eigenvalue weighted by Crippen LogP contribution is 2.20. The number of rotatable bonds is 15. The summed E-state index contributed by atoms with van der Waals surface area (Å²) in [6.45, 7) is 3.04. The predicted octanol–water partition coefficient (Wildman–Crippen LogP) is 7.38. The second-order valence-corrected chi connectivity index (χ2v) is 8.20. The highest BCUT2D eigenvalue weighted by molar-refractivity contribution is 9.09. The number of halogens is 1. The molecule has 2 aromatic rings. The Balaban J connectivity index is 1.70. The van der Waals surface area contributed by atoms with Gasteiger partial charge < -0.3 is 4.74 Å². The first kappa shape index (κ1) is 22.9. The van der Waals surface area contributed by atoms with Crippen molar-refractivity contribution in [2.75, 3.05) is 11.9 Å². The second kappa shape index (κ2) is 14.6. The molecule has 0 fully saturated rings. The van der Waals surface area contributed by atoms with Crippen molar-refractivity contribution in [1.82, 2.24) is 9.97 Å². The molecule has 1 aromatic heterocycles. The van der Waals surface area contributed by atoms with Crippen molar-refractivity contribution in [1.29, 1.82) is 0 Å². The van der Waals surface area contributed by atoms with Gasteiger partial charge in [-0.05, 0) is 61.9 Å². The highest BCUT2D eigenvalue weighted by Gasteiger charge is 2.03. The maximum atomic E-state index is 5.79. The monoisotopic (exact) mass is 446 g/mol. The van der Waals surface area contributed by atoms with E-state index in [4.69, 9.17) is 4.74 Å². The zero-order chi connectivity index (χ0) is 19.9. The zero-order valence-corrected chi connectivity index (χ0v) is 18.9. The van der Waals surface area contributed by atoms with Gasteiger partial charge in [0.05, 0.1) is 6.61 Å². The van der Waals surface area contributed by atoms with Gasteiger partial charge in [-0.15, -0.1) is 0 Å². The van der Waals surface area contributed by atoms with E-state index >= 15 is 0 Å². The summed E-state index contributed by atoms with van der Waals surface area (Å²) in [5, 5.41) is 1.07. The van der Waals surface area contributed by atoms with Crippen LogP contribution in [0.1, 0.15) is 76.7 Å². The molecule has 3 nitrogen and oxygen atoms in total. The predicted molar refractivity (Wildman–Crippen MR) is 122 cm³/mol. The normalized spacial score (nSPS) is 10.9. The quantitative estimate of drug-likeness (QED) is 0.211. The van der Waals surface area contributed by atoms with Crippen LogP contribution in [0.2, 0.25) is 0 Å². The molecule has 4 heteroatoms. The Bertz CT molecular complexity index is 628. The average Bonchev–Trinajstić information content (AvgIpc) is 2.74. The van der Waals surface area contributed by atoms with E-state index in [0.29, 0.717) is 0 Å². The molecule has 0 saturated carbocycles. The van der Waals surface area contributed by atoms with Crippen LogP contribution in [0.25, 0.3) is 11.4 Å². The molecular weight excluding hydrogens is 412 g/mol. The first-order chi connectivity index (χ1) is 13.8. The van der Waals surface area contributed by atoms with Gasteiger partial charge in [-0.3, -0.25) is 0 Å². The molecule has 0 bridgehead atoms. The summed E-state index contributed by atoms with van der Waals surface area (Å²) in [6.07, 6.45) is 17.9. The van der Waals surface area contributed by atoms with E-state index in [0.717, 1.165) is 41.9 Å². The van der Waals surface area contributed by atoms with Gasteiger partial charge in [0.25, 0.3) is 0 Å². The van der Waals surface area contributed by atoms with Gasteiger partial charge >= 0.3 is 0 Å². The van der Waals surface area contributed by atoms with Crippen LogP contribution in [-0.2, 0) is 6.42 Å². The Morgan fingerprint density at radius 1 is 0.786 bits per heavy atom. The number of hydrogen-bond acceptors (Lipinski definition) is 3. The summed E-state index contributed by atoms with van der Waals surface area (Å²) in [5.74, 6) is 1.70.